The number of benzene rings is 3. The fourth-order valence-corrected chi connectivity index (χ4v) is 4.00. The lowest BCUT2D eigenvalue weighted by atomic mass is 9.94. The molecule has 0 saturated carbocycles. The molecule has 4 rings (SSSR count). The molecule has 0 bridgehead atoms. The van der Waals surface area contributed by atoms with E-state index in [1.165, 1.54) is 0 Å². The normalized spacial score (nSPS) is 14.1. The lowest BCUT2D eigenvalue weighted by Crippen LogP contribution is -2.41. The summed E-state index contributed by atoms with van der Waals surface area (Å²) in [7, 11) is 1.55. The molecule has 32 heavy (non-hydrogen) atoms. The molecule has 1 aliphatic rings. The summed E-state index contributed by atoms with van der Waals surface area (Å²) < 4.78 is 0. The van der Waals surface area contributed by atoms with E-state index in [9.17, 15) is 14.4 Å². The van der Waals surface area contributed by atoms with E-state index >= 15 is 0 Å². The highest BCUT2D eigenvalue weighted by molar-refractivity contribution is 6.07. The first-order chi connectivity index (χ1) is 15.5. The number of nitrogens with one attached hydrogen (secondary N) is 3. The van der Waals surface area contributed by atoms with E-state index in [1.807, 2.05) is 47.4 Å². The quantitative estimate of drug-likeness (QED) is 0.582. The van der Waals surface area contributed by atoms with Crippen molar-refractivity contribution in [3.05, 3.63) is 72.3 Å². The molecule has 1 heterocycles. The van der Waals surface area contributed by atoms with Crippen LogP contribution in [-0.4, -0.2) is 42.9 Å². The van der Waals surface area contributed by atoms with Gasteiger partial charge in [0.2, 0.25) is 5.91 Å². The molecule has 7 heteroatoms. The number of anilines is 2. The van der Waals surface area contributed by atoms with E-state index in [0.29, 0.717) is 42.9 Å². The highest BCUT2D eigenvalue weighted by Crippen LogP contribution is 2.24. The molecule has 1 aliphatic heterocycles. The minimum atomic E-state index is -0.299. The molecule has 0 aromatic heterocycles. The van der Waals surface area contributed by atoms with Crippen molar-refractivity contribution in [2.45, 2.75) is 12.8 Å². The number of likely N-dealkylation sites (tertiary alicyclic amines) is 1. The monoisotopic (exact) mass is 430 g/mol. The van der Waals surface area contributed by atoms with E-state index in [-0.39, 0.29) is 23.8 Å². The number of piperidine rings is 1. The Kier molecular flexibility index (Phi) is 6.35. The zero-order valence-corrected chi connectivity index (χ0v) is 17.9. The van der Waals surface area contributed by atoms with Gasteiger partial charge in [-0.15, -0.1) is 0 Å². The number of amides is 4. The zero-order valence-electron chi connectivity index (χ0n) is 17.9. The van der Waals surface area contributed by atoms with Gasteiger partial charge in [0, 0.05) is 43.0 Å². The van der Waals surface area contributed by atoms with Crippen molar-refractivity contribution in [1.29, 1.82) is 0 Å². The second-order valence-electron chi connectivity index (χ2n) is 7.86. The van der Waals surface area contributed by atoms with Crippen molar-refractivity contribution < 1.29 is 14.4 Å². The van der Waals surface area contributed by atoms with Crippen molar-refractivity contribution in [1.82, 2.24) is 10.2 Å². The molecule has 7 nitrogen and oxygen atoms in total. The van der Waals surface area contributed by atoms with Crippen LogP contribution < -0.4 is 16.0 Å². The molecular weight excluding hydrogens is 404 g/mol. The number of hydrogen-bond acceptors (Lipinski definition) is 3. The maximum atomic E-state index is 13.1. The Hall–Kier alpha value is -3.87. The molecular formula is C25H26N4O3. The molecule has 3 aromatic carbocycles. The lowest BCUT2D eigenvalue weighted by molar-refractivity contribution is -0.121. The summed E-state index contributed by atoms with van der Waals surface area (Å²) in [4.78, 5) is 39.0. The SMILES string of the molecule is CNC(=O)Nc1ccc(NC(=O)C2CCN(C(=O)c3cccc4ccccc34)CC2)cc1. The number of carbonyl (C=O) groups excluding carboxylic acids is 3. The van der Waals surface area contributed by atoms with Gasteiger partial charge in [-0.25, -0.2) is 4.79 Å². The van der Waals surface area contributed by atoms with Gasteiger partial charge in [-0.3, -0.25) is 9.59 Å². The van der Waals surface area contributed by atoms with Crippen LogP contribution in [0.1, 0.15) is 23.2 Å². The molecule has 3 N–H and O–H groups in total. The van der Waals surface area contributed by atoms with Crippen molar-refractivity contribution in [2.75, 3.05) is 30.8 Å². The Bertz CT molecular complexity index is 1130. The second kappa shape index (κ2) is 9.51. The van der Waals surface area contributed by atoms with Crippen molar-refractivity contribution >= 4 is 40.0 Å². The van der Waals surface area contributed by atoms with Crippen molar-refractivity contribution in [3.63, 3.8) is 0 Å². The van der Waals surface area contributed by atoms with Gasteiger partial charge in [0.25, 0.3) is 5.91 Å². The maximum absolute atomic E-state index is 13.1. The van der Waals surface area contributed by atoms with Gasteiger partial charge in [-0.1, -0.05) is 36.4 Å². The second-order valence-corrected chi connectivity index (χ2v) is 7.86. The van der Waals surface area contributed by atoms with Gasteiger partial charge < -0.3 is 20.9 Å². The van der Waals surface area contributed by atoms with Crippen molar-refractivity contribution in [3.8, 4) is 0 Å². The van der Waals surface area contributed by atoms with Crippen LogP contribution >= 0.6 is 0 Å². The van der Waals surface area contributed by atoms with Gasteiger partial charge in [0.05, 0.1) is 0 Å². The van der Waals surface area contributed by atoms with E-state index in [4.69, 9.17) is 0 Å². The maximum Gasteiger partial charge on any atom is 0.318 e. The van der Waals surface area contributed by atoms with Crippen LogP contribution in [0.3, 0.4) is 0 Å². The van der Waals surface area contributed by atoms with Crippen LogP contribution in [0.25, 0.3) is 10.8 Å². The van der Waals surface area contributed by atoms with E-state index in [2.05, 4.69) is 16.0 Å². The lowest BCUT2D eigenvalue weighted by Gasteiger charge is -2.31. The standard InChI is InChI=1S/C25H26N4O3/c1-26-25(32)28-20-11-9-19(10-12-20)27-23(30)18-13-15-29(16-14-18)24(31)22-8-4-6-17-5-2-3-7-21(17)22/h2-12,18H,13-16H2,1H3,(H,27,30)(H2,26,28,32). The van der Waals surface area contributed by atoms with Gasteiger partial charge in [-0.2, -0.15) is 0 Å². The summed E-state index contributed by atoms with van der Waals surface area (Å²) in [6.45, 7) is 1.10. The third-order valence-electron chi connectivity index (χ3n) is 5.81. The molecule has 0 unspecified atom stereocenters. The van der Waals surface area contributed by atoms with E-state index in [0.717, 1.165) is 10.8 Å². The topological polar surface area (TPSA) is 90.5 Å². The molecule has 1 saturated heterocycles. The van der Waals surface area contributed by atoms with E-state index < -0.39 is 0 Å². The predicted molar refractivity (Wildman–Crippen MR) is 126 cm³/mol. The fourth-order valence-electron chi connectivity index (χ4n) is 4.00. The molecule has 0 aliphatic carbocycles. The minimum absolute atomic E-state index is 0.0138. The van der Waals surface area contributed by atoms with Gasteiger partial charge in [0.15, 0.2) is 0 Å². The Morgan fingerprint density at radius 2 is 1.44 bits per heavy atom. The third-order valence-corrected chi connectivity index (χ3v) is 5.81. The molecule has 1 fully saturated rings. The Morgan fingerprint density at radius 3 is 2.12 bits per heavy atom. The molecule has 4 amide bonds. The van der Waals surface area contributed by atoms with Crippen LogP contribution in [0.15, 0.2) is 66.7 Å². The van der Waals surface area contributed by atoms with Crippen LogP contribution in [0.4, 0.5) is 16.2 Å². The highest BCUT2D eigenvalue weighted by Gasteiger charge is 2.28. The van der Waals surface area contributed by atoms with Crippen molar-refractivity contribution in [2.24, 2.45) is 5.92 Å². The number of urea groups is 1. The minimum Gasteiger partial charge on any atom is -0.341 e. The largest absolute Gasteiger partial charge is 0.341 e. The first-order valence-corrected chi connectivity index (χ1v) is 10.7. The van der Waals surface area contributed by atoms with Crippen LogP contribution in [0, 0.1) is 5.92 Å². The summed E-state index contributed by atoms with van der Waals surface area (Å²) in [5, 5.41) is 10.1. The molecule has 0 atom stereocenters. The number of rotatable bonds is 4. The van der Waals surface area contributed by atoms with Gasteiger partial charge >= 0.3 is 6.03 Å². The number of hydrogen-bond donors (Lipinski definition) is 3. The fraction of sp³-hybridized carbons (Fsp3) is 0.240. The molecule has 164 valence electrons. The molecule has 3 aromatic rings. The summed E-state index contributed by atoms with van der Waals surface area (Å²) in [6, 6.07) is 20.3. The van der Waals surface area contributed by atoms with Crippen LogP contribution in [0.2, 0.25) is 0 Å². The average Bonchev–Trinajstić information content (AvgIpc) is 2.84. The first-order valence-electron chi connectivity index (χ1n) is 10.7. The first kappa shape index (κ1) is 21.4. The van der Waals surface area contributed by atoms with Crippen LogP contribution in [0.5, 0.6) is 0 Å². The van der Waals surface area contributed by atoms with Gasteiger partial charge in [0.1, 0.15) is 0 Å². The van der Waals surface area contributed by atoms with Crippen LogP contribution in [-0.2, 0) is 4.79 Å². The number of nitrogens with zero attached hydrogens (tertiary/aromatic N) is 1. The predicted octanol–water partition coefficient (Wildman–Crippen LogP) is 4.08. The zero-order chi connectivity index (χ0) is 22.5. The summed E-state index contributed by atoms with van der Waals surface area (Å²) in [5.41, 5.74) is 2.02. The number of fused-ring (bicyclic) bond motifs is 1. The molecule has 0 radical (unpaired) electrons. The summed E-state index contributed by atoms with van der Waals surface area (Å²) in [6.07, 6.45) is 1.25. The summed E-state index contributed by atoms with van der Waals surface area (Å²) in [5.74, 6) is -0.177. The molecule has 0 spiro atoms. The Labute approximate surface area is 186 Å². The Balaban J connectivity index is 1.33. The smallest absolute Gasteiger partial charge is 0.318 e. The highest BCUT2D eigenvalue weighted by atomic mass is 16.2. The number of carbonyl (C=O) groups is 3. The van der Waals surface area contributed by atoms with Gasteiger partial charge in [-0.05, 0) is 53.9 Å². The third kappa shape index (κ3) is 4.72. The Morgan fingerprint density at radius 1 is 0.812 bits per heavy atom. The average molecular weight is 431 g/mol. The summed E-state index contributed by atoms with van der Waals surface area (Å²) >= 11 is 0. The van der Waals surface area contributed by atoms with E-state index in [1.54, 1.807) is 31.3 Å².